The highest BCUT2D eigenvalue weighted by Crippen LogP contribution is 2.22. The molecule has 2 heterocycles. The number of rotatable bonds is 5. The Morgan fingerprint density at radius 1 is 1.42 bits per heavy atom. The van der Waals surface area contributed by atoms with Gasteiger partial charge in [-0.3, -0.25) is 4.98 Å². The molecule has 2 atom stereocenters. The van der Waals surface area contributed by atoms with Gasteiger partial charge in [0.05, 0.1) is 5.92 Å². The number of aromatic nitrogens is 3. The molecule has 0 saturated heterocycles. The van der Waals surface area contributed by atoms with E-state index in [4.69, 9.17) is 4.52 Å². The van der Waals surface area contributed by atoms with Crippen molar-refractivity contribution >= 4 is 15.9 Å². The molecule has 19 heavy (non-hydrogen) atoms. The van der Waals surface area contributed by atoms with Crippen molar-refractivity contribution in [2.75, 3.05) is 7.05 Å². The SMILES string of the molecule is CCC(NC)C(C)c1nc(-c2ccc(Br)cn2)no1. The molecule has 0 fully saturated rings. The van der Waals surface area contributed by atoms with Gasteiger partial charge in [-0.15, -0.1) is 0 Å². The van der Waals surface area contributed by atoms with Gasteiger partial charge in [0.1, 0.15) is 5.69 Å². The number of hydrogen-bond acceptors (Lipinski definition) is 5. The lowest BCUT2D eigenvalue weighted by atomic mass is 10.00. The summed E-state index contributed by atoms with van der Waals surface area (Å²) in [5, 5.41) is 7.25. The Balaban J connectivity index is 2.21. The molecule has 6 heteroatoms. The normalized spacial score (nSPS) is 14.3. The Labute approximate surface area is 121 Å². The molecule has 0 radical (unpaired) electrons. The molecular weight excluding hydrogens is 308 g/mol. The number of nitrogens with zero attached hydrogens (tertiary/aromatic N) is 3. The van der Waals surface area contributed by atoms with Crippen molar-refractivity contribution in [3.63, 3.8) is 0 Å². The molecule has 0 amide bonds. The van der Waals surface area contributed by atoms with Gasteiger partial charge in [-0.25, -0.2) is 0 Å². The van der Waals surface area contributed by atoms with Crippen molar-refractivity contribution in [1.82, 2.24) is 20.4 Å². The molecule has 2 aromatic heterocycles. The van der Waals surface area contributed by atoms with Crippen LogP contribution in [0.5, 0.6) is 0 Å². The second-order valence-corrected chi connectivity index (χ2v) is 5.33. The minimum atomic E-state index is 0.173. The quantitative estimate of drug-likeness (QED) is 0.915. The minimum absolute atomic E-state index is 0.173. The van der Waals surface area contributed by atoms with Crippen molar-refractivity contribution < 1.29 is 4.52 Å². The van der Waals surface area contributed by atoms with E-state index < -0.39 is 0 Å². The van der Waals surface area contributed by atoms with Gasteiger partial charge >= 0.3 is 0 Å². The third-order valence-electron chi connectivity index (χ3n) is 3.20. The number of halogens is 1. The summed E-state index contributed by atoms with van der Waals surface area (Å²) < 4.78 is 6.27. The standard InChI is InChI=1S/C13H17BrN4O/c1-4-10(15-3)8(2)13-17-12(18-19-13)11-6-5-9(14)7-16-11/h5-8,10,15H,4H2,1-3H3. The first-order chi connectivity index (χ1) is 9.15. The topological polar surface area (TPSA) is 63.8 Å². The largest absolute Gasteiger partial charge is 0.339 e. The third kappa shape index (κ3) is 3.19. The first kappa shape index (κ1) is 14.1. The molecule has 0 aliphatic rings. The molecule has 0 bridgehead atoms. The second-order valence-electron chi connectivity index (χ2n) is 4.41. The van der Waals surface area contributed by atoms with Crippen LogP contribution >= 0.6 is 15.9 Å². The smallest absolute Gasteiger partial charge is 0.231 e. The van der Waals surface area contributed by atoms with Crippen LogP contribution in [0.15, 0.2) is 27.3 Å². The first-order valence-corrected chi connectivity index (χ1v) is 7.07. The fourth-order valence-corrected chi connectivity index (χ4v) is 2.25. The fraction of sp³-hybridized carbons (Fsp3) is 0.462. The summed E-state index contributed by atoms with van der Waals surface area (Å²) in [5.41, 5.74) is 0.711. The maximum Gasteiger partial charge on any atom is 0.231 e. The van der Waals surface area contributed by atoms with Crippen LogP contribution in [0, 0.1) is 0 Å². The van der Waals surface area contributed by atoms with Crippen LogP contribution in [0.25, 0.3) is 11.5 Å². The zero-order valence-electron chi connectivity index (χ0n) is 11.2. The maximum atomic E-state index is 5.34. The van der Waals surface area contributed by atoms with Gasteiger partial charge in [0.25, 0.3) is 0 Å². The molecule has 0 spiro atoms. The Morgan fingerprint density at radius 3 is 2.79 bits per heavy atom. The summed E-state index contributed by atoms with van der Waals surface area (Å²) in [5.74, 6) is 1.34. The number of likely N-dealkylation sites (N-methyl/N-ethyl adjacent to an activating group) is 1. The van der Waals surface area contributed by atoms with Crippen molar-refractivity contribution in [3.8, 4) is 11.5 Å². The number of hydrogen-bond donors (Lipinski definition) is 1. The van der Waals surface area contributed by atoms with E-state index >= 15 is 0 Å². The lowest BCUT2D eigenvalue weighted by Gasteiger charge is -2.18. The zero-order valence-corrected chi connectivity index (χ0v) is 12.8. The zero-order chi connectivity index (χ0) is 13.8. The van der Waals surface area contributed by atoms with Crippen LogP contribution in [0.1, 0.15) is 32.1 Å². The highest BCUT2D eigenvalue weighted by molar-refractivity contribution is 9.10. The van der Waals surface area contributed by atoms with E-state index in [0.717, 1.165) is 10.9 Å². The maximum absolute atomic E-state index is 5.34. The Morgan fingerprint density at radius 2 is 2.21 bits per heavy atom. The van der Waals surface area contributed by atoms with Gasteiger partial charge in [0, 0.05) is 16.7 Å². The van der Waals surface area contributed by atoms with E-state index in [-0.39, 0.29) is 5.92 Å². The summed E-state index contributed by atoms with van der Waals surface area (Å²) in [6.07, 6.45) is 2.73. The van der Waals surface area contributed by atoms with Crippen molar-refractivity contribution in [2.45, 2.75) is 32.2 Å². The molecule has 102 valence electrons. The van der Waals surface area contributed by atoms with E-state index in [0.29, 0.717) is 23.5 Å². The summed E-state index contributed by atoms with van der Waals surface area (Å²) in [4.78, 5) is 8.69. The van der Waals surface area contributed by atoms with Crippen LogP contribution in [0.3, 0.4) is 0 Å². The van der Waals surface area contributed by atoms with Gasteiger partial charge in [-0.2, -0.15) is 4.98 Å². The predicted octanol–water partition coefficient (Wildman–Crippen LogP) is 3.00. The molecular formula is C13H17BrN4O. The van der Waals surface area contributed by atoms with Crippen LogP contribution in [0.4, 0.5) is 0 Å². The first-order valence-electron chi connectivity index (χ1n) is 6.28. The summed E-state index contributed by atoms with van der Waals surface area (Å²) in [6, 6.07) is 4.09. The van der Waals surface area contributed by atoms with E-state index in [2.05, 4.69) is 50.2 Å². The van der Waals surface area contributed by atoms with Gasteiger partial charge in [0.2, 0.25) is 11.7 Å². The molecule has 5 nitrogen and oxygen atoms in total. The lowest BCUT2D eigenvalue weighted by Crippen LogP contribution is -2.30. The Kier molecular flexibility index (Phi) is 4.66. The minimum Gasteiger partial charge on any atom is -0.339 e. The van der Waals surface area contributed by atoms with Gasteiger partial charge in [-0.1, -0.05) is 19.0 Å². The third-order valence-corrected chi connectivity index (χ3v) is 3.67. The van der Waals surface area contributed by atoms with Crippen LogP contribution in [0.2, 0.25) is 0 Å². The lowest BCUT2D eigenvalue weighted by molar-refractivity contribution is 0.326. The molecule has 2 aromatic rings. The average Bonchev–Trinajstić information content (AvgIpc) is 2.90. The highest BCUT2D eigenvalue weighted by Gasteiger charge is 2.22. The van der Waals surface area contributed by atoms with E-state index in [9.17, 15) is 0 Å². The van der Waals surface area contributed by atoms with Gasteiger partial charge < -0.3 is 9.84 Å². The van der Waals surface area contributed by atoms with Crippen LogP contribution in [-0.4, -0.2) is 28.2 Å². The molecule has 0 aromatic carbocycles. The Bertz CT molecular complexity index is 522. The molecule has 0 aliphatic heterocycles. The van der Waals surface area contributed by atoms with Crippen molar-refractivity contribution in [1.29, 1.82) is 0 Å². The summed E-state index contributed by atoms with van der Waals surface area (Å²) in [6.45, 7) is 4.21. The highest BCUT2D eigenvalue weighted by atomic mass is 79.9. The molecule has 2 unspecified atom stereocenters. The van der Waals surface area contributed by atoms with Crippen molar-refractivity contribution in [2.24, 2.45) is 0 Å². The van der Waals surface area contributed by atoms with E-state index in [1.165, 1.54) is 0 Å². The molecule has 0 aliphatic carbocycles. The molecule has 1 N–H and O–H groups in total. The second kappa shape index (κ2) is 6.25. The monoisotopic (exact) mass is 324 g/mol. The van der Waals surface area contributed by atoms with Crippen LogP contribution < -0.4 is 5.32 Å². The fourth-order valence-electron chi connectivity index (χ4n) is 2.01. The van der Waals surface area contributed by atoms with Crippen LogP contribution in [-0.2, 0) is 0 Å². The predicted molar refractivity (Wildman–Crippen MR) is 76.8 cm³/mol. The van der Waals surface area contributed by atoms with E-state index in [1.54, 1.807) is 6.20 Å². The van der Waals surface area contributed by atoms with Crippen molar-refractivity contribution in [3.05, 3.63) is 28.7 Å². The number of nitrogens with one attached hydrogen (secondary N) is 1. The average molecular weight is 325 g/mol. The van der Waals surface area contributed by atoms with Gasteiger partial charge in [0.15, 0.2) is 0 Å². The van der Waals surface area contributed by atoms with E-state index in [1.807, 2.05) is 19.2 Å². The molecule has 2 rings (SSSR count). The summed E-state index contributed by atoms with van der Waals surface area (Å²) in [7, 11) is 1.94. The van der Waals surface area contributed by atoms with Gasteiger partial charge in [-0.05, 0) is 41.5 Å². The Hall–Kier alpha value is -1.27. The summed E-state index contributed by atoms with van der Waals surface area (Å²) >= 11 is 3.35. The number of pyridine rings is 1. The molecule has 0 saturated carbocycles.